The molecule has 0 saturated heterocycles. The summed E-state index contributed by atoms with van der Waals surface area (Å²) in [6, 6.07) is 16.4. The third-order valence-corrected chi connectivity index (χ3v) is 6.15. The van der Waals surface area contributed by atoms with Gasteiger partial charge in [0.25, 0.3) is 5.91 Å². The van der Waals surface area contributed by atoms with Crippen LogP contribution in [-0.4, -0.2) is 21.5 Å². The summed E-state index contributed by atoms with van der Waals surface area (Å²) in [6.45, 7) is 3.96. The van der Waals surface area contributed by atoms with Crippen molar-refractivity contribution in [1.29, 1.82) is 0 Å². The molecular formula is C22H18ClN3O2S. The second-order valence-electron chi connectivity index (χ2n) is 6.76. The number of Topliss-reactive ketones (excluding diaryl/α,β-unsaturated/α-hetero) is 1. The normalized spacial score (nSPS) is 11.0. The van der Waals surface area contributed by atoms with Gasteiger partial charge in [0.2, 0.25) is 0 Å². The number of hydrogen-bond acceptors (Lipinski definition) is 4. The number of aryl methyl sites for hydroxylation is 1. The Kier molecular flexibility index (Phi) is 5.22. The maximum atomic E-state index is 12.8. The van der Waals surface area contributed by atoms with Crippen LogP contribution in [0.25, 0.3) is 10.2 Å². The summed E-state index contributed by atoms with van der Waals surface area (Å²) in [7, 11) is 0. The molecule has 0 aliphatic carbocycles. The molecule has 0 aliphatic heterocycles. The van der Waals surface area contributed by atoms with Gasteiger partial charge in [-0.3, -0.25) is 14.3 Å². The van der Waals surface area contributed by atoms with E-state index >= 15 is 0 Å². The fourth-order valence-electron chi connectivity index (χ4n) is 3.13. The molecule has 4 aromatic rings. The highest BCUT2D eigenvalue weighted by atomic mass is 35.5. The number of amides is 1. The number of aromatic nitrogens is 2. The van der Waals surface area contributed by atoms with Crippen LogP contribution in [-0.2, 0) is 6.54 Å². The van der Waals surface area contributed by atoms with Gasteiger partial charge in [0, 0.05) is 21.7 Å². The minimum atomic E-state index is -0.212. The van der Waals surface area contributed by atoms with E-state index in [2.05, 4.69) is 10.4 Å². The molecule has 0 radical (unpaired) electrons. The number of carbonyl (C=O) groups excluding carboxylic acids is 2. The Bertz CT molecular complexity index is 1240. The van der Waals surface area contributed by atoms with E-state index < -0.39 is 0 Å². The largest absolute Gasteiger partial charge is 0.321 e. The molecule has 146 valence electrons. The van der Waals surface area contributed by atoms with Crippen molar-refractivity contribution in [2.45, 2.75) is 20.4 Å². The van der Waals surface area contributed by atoms with E-state index in [1.807, 2.05) is 41.9 Å². The van der Waals surface area contributed by atoms with E-state index in [0.29, 0.717) is 27.7 Å². The van der Waals surface area contributed by atoms with Gasteiger partial charge in [-0.1, -0.05) is 41.9 Å². The predicted octanol–water partition coefficient (Wildman–Crippen LogP) is 5.56. The Hall–Kier alpha value is -2.96. The first-order chi connectivity index (χ1) is 13.9. The summed E-state index contributed by atoms with van der Waals surface area (Å²) in [5.74, 6) is -0.256. The summed E-state index contributed by atoms with van der Waals surface area (Å²) in [5, 5.41) is 9.11. The van der Waals surface area contributed by atoms with Crippen molar-refractivity contribution in [3.63, 3.8) is 0 Å². The van der Waals surface area contributed by atoms with E-state index in [-0.39, 0.29) is 11.7 Å². The molecule has 1 amide bonds. The zero-order valence-electron chi connectivity index (χ0n) is 15.9. The van der Waals surface area contributed by atoms with Gasteiger partial charge in [0.1, 0.15) is 4.83 Å². The van der Waals surface area contributed by atoms with E-state index in [1.165, 1.54) is 18.3 Å². The quantitative estimate of drug-likeness (QED) is 0.427. The molecule has 2 heterocycles. The molecule has 29 heavy (non-hydrogen) atoms. The lowest BCUT2D eigenvalue weighted by molar-refractivity contribution is 0.101. The smallest absolute Gasteiger partial charge is 0.265 e. The number of nitrogens with one attached hydrogen (secondary N) is 1. The lowest BCUT2D eigenvalue weighted by Gasteiger charge is -2.06. The summed E-state index contributed by atoms with van der Waals surface area (Å²) in [5.41, 5.74) is 2.99. The Morgan fingerprint density at radius 3 is 2.69 bits per heavy atom. The predicted molar refractivity (Wildman–Crippen MR) is 117 cm³/mol. The van der Waals surface area contributed by atoms with Crippen molar-refractivity contribution >= 4 is 50.5 Å². The number of benzene rings is 2. The summed E-state index contributed by atoms with van der Waals surface area (Å²) < 4.78 is 1.88. The van der Waals surface area contributed by atoms with Gasteiger partial charge in [-0.15, -0.1) is 11.3 Å². The van der Waals surface area contributed by atoms with Gasteiger partial charge in [0.05, 0.1) is 17.1 Å². The molecule has 0 fully saturated rings. The van der Waals surface area contributed by atoms with Crippen LogP contribution in [0.15, 0.2) is 54.6 Å². The van der Waals surface area contributed by atoms with E-state index in [1.54, 1.807) is 24.3 Å². The highest BCUT2D eigenvalue weighted by molar-refractivity contribution is 7.20. The van der Waals surface area contributed by atoms with E-state index in [9.17, 15) is 9.59 Å². The number of halogens is 1. The first kappa shape index (κ1) is 19.4. The SMILES string of the molecule is CC(=O)c1cccc(NC(=O)c2cc3c(C)nn(Cc4ccccc4Cl)c3s2)c1. The van der Waals surface area contributed by atoms with Crippen LogP contribution in [0.4, 0.5) is 5.69 Å². The average Bonchev–Trinajstić information content (AvgIpc) is 3.25. The minimum Gasteiger partial charge on any atom is -0.321 e. The zero-order valence-corrected chi connectivity index (χ0v) is 17.5. The first-order valence-corrected chi connectivity index (χ1v) is 10.2. The van der Waals surface area contributed by atoms with Gasteiger partial charge < -0.3 is 5.32 Å². The van der Waals surface area contributed by atoms with Crippen molar-refractivity contribution in [1.82, 2.24) is 9.78 Å². The number of fused-ring (bicyclic) bond motifs is 1. The monoisotopic (exact) mass is 423 g/mol. The van der Waals surface area contributed by atoms with Gasteiger partial charge in [-0.05, 0) is 43.7 Å². The summed E-state index contributed by atoms with van der Waals surface area (Å²) in [6.07, 6.45) is 0. The highest BCUT2D eigenvalue weighted by Crippen LogP contribution is 2.30. The fraction of sp³-hybridized carbons (Fsp3) is 0.136. The minimum absolute atomic E-state index is 0.0433. The average molecular weight is 424 g/mol. The fourth-order valence-corrected chi connectivity index (χ4v) is 4.38. The maximum absolute atomic E-state index is 12.8. The molecule has 2 aromatic heterocycles. The molecule has 2 aromatic carbocycles. The number of rotatable bonds is 5. The number of ketones is 1. The zero-order chi connectivity index (χ0) is 20.5. The van der Waals surface area contributed by atoms with Crippen LogP contribution >= 0.6 is 22.9 Å². The highest BCUT2D eigenvalue weighted by Gasteiger charge is 2.17. The van der Waals surface area contributed by atoms with Crippen molar-refractivity contribution < 1.29 is 9.59 Å². The molecule has 0 spiro atoms. The van der Waals surface area contributed by atoms with Gasteiger partial charge in [-0.2, -0.15) is 5.10 Å². The molecule has 0 unspecified atom stereocenters. The Morgan fingerprint density at radius 2 is 1.93 bits per heavy atom. The molecule has 0 bridgehead atoms. The topological polar surface area (TPSA) is 64.0 Å². The van der Waals surface area contributed by atoms with Gasteiger partial charge in [-0.25, -0.2) is 0 Å². The lowest BCUT2D eigenvalue weighted by Crippen LogP contribution is -2.10. The van der Waals surface area contributed by atoms with Crippen LogP contribution in [0.2, 0.25) is 5.02 Å². The van der Waals surface area contributed by atoms with Crippen molar-refractivity contribution in [3.8, 4) is 0 Å². The molecule has 1 N–H and O–H groups in total. The molecule has 0 aliphatic rings. The standard InChI is InChI=1S/C22H18ClN3O2S/c1-13-18-11-20(21(28)24-17-8-5-7-15(10-17)14(2)27)29-22(18)26(25-13)12-16-6-3-4-9-19(16)23/h3-11H,12H2,1-2H3,(H,24,28). The molecule has 7 heteroatoms. The Balaban J connectivity index is 1.62. The molecule has 5 nitrogen and oxygen atoms in total. The Morgan fingerprint density at radius 1 is 1.14 bits per heavy atom. The number of thiophene rings is 1. The second kappa shape index (κ2) is 7.81. The van der Waals surface area contributed by atoms with Crippen LogP contribution in [0.5, 0.6) is 0 Å². The lowest BCUT2D eigenvalue weighted by atomic mass is 10.1. The van der Waals surface area contributed by atoms with Crippen LogP contribution < -0.4 is 5.32 Å². The van der Waals surface area contributed by atoms with Gasteiger partial charge >= 0.3 is 0 Å². The number of nitrogens with zero attached hydrogens (tertiary/aromatic N) is 2. The van der Waals surface area contributed by atoms with Crippen LogP contribution in [0, 0.1) is 6.92 Å². The second-order valence-corrected chi connectivity index (χ2v) is 8.19. The van der Waals surface area contributed by atoms with Crippen molar-refractivity contribution in [3.05, 3.63) is 81.3 Å². The third kappa shape index (κ3) is 3.95. The number of hydrogen-bond donors (Lipinski definition) is 1. The van der Waals surface area contributed by atoms with Crippen LogP contribution in [0.1, 0.15) is 38.2 Å². The summed E-state index contributed by atoms with van der Waals surface area (Å²) >= 11 is 7.67. The van der Waals surface area contributed by atoms with Gasteiger partial charge in [0.15, 0.2) is 5.78 Å². The number of carbonyl (C=O) groups is 2. The van der Waals surface area contributed by atoms with E-state index in [4.69, 9.17) is 11.6 Å². The van der Waals surface area contributed by atoms with Crippen molar-refractivity contribution in [2.24, 2.45) is 0 Å². The number of anilines is 1. The summed E-state index contributed by atoms with van der Waals surface area (Å²) in [4.78, 5) is 25.8. The first-order valence-electron chi connectivity index (χ1n) is 9.05. The molecule has 4 rings (SSSR count). The molecule has 0 saturated carbocycles. The third-order valence-electron chi connectivity index (χ3n) is 4.64. The maximum Gasteiger partial charge on any atom is 0.265 e. The van der Waals surface area contributed by atoms with Crippen LogP contribution in [0.3, 0.4) is 0 Å². The molecular weight excluding hydrogens is 406 g/mol. The molecule has 0 atom stereocenters. The Labute approximate surface area is 176 Å². The van der Waals surface area contributed by atoms with E-state index in [0.717, 1.165) is 21.5 Å². The van der Waals surface area contributed by atoms with Crippen molar-refractivity contribution in [2.75, 3.05) is 5.32 Å².